The second-order valence-electron chi connectivity index (χ2n) is 6.16. The molecule has 2 unspecified atom stereocenters. The van der Waals surface area contributed by atoms with E-state index < -0.39 is 0 Å². The van der Waals surface area contributed by atoms with Crippen LogP contribution in [-0.4, -0.2) is 26.3 Å². The second-order valence-corrected chi connectivity index (χ2v) is 7.99. The van der Waals surface area contributed by atoms with Crippen LogP contribution in [-0.2, 0) is 0 Å². The molecule has 24 heavy (non-hydrogen) atoms. The van der Waals surface area contributed by atoms with Crippen molar-refractivity contribution in [1.29, 1.82) is 0 Å². The highest BCUT2D eigenvalue weighted by Gasteiger charge is 2.22. The lowest BCUT2D eigenvalue weighted by atomic mass is 9.91. The SMILES string of the molecule is Brc1ccc(OCC2CNCC(COc3cccc(Br)c3)C2)cc1. The average Bonchev–Trinajstić information content (AvgIpc) is 2.60. The van der Waals surface area contributed by atoms with Gasteiger partial charge in [-0.2, -0.15) is 0 Å². The third-order valence-corrected chi connectivity index (χ3v) is 5.14. The van der Waals surface area contributed by atoms with Crippen LogP contribution in [0.5, 0.6) is 11.5 Å². The quantitative estimate of drug-likeness (QED) is 0.673. The van der Waals surface area contributed by atoms with E-state index in [0.29, 0.717) is 11.8 Å². The molecule has 3 rings (SSSR count). The van der Waals surface area contributed by atoms with E-state index in [9.17, 15) is 0 Å². The van der Waals surface area contributed by atoms with Crippen LogP contribution in [0.2, 0.25) is 0 Å². The van der Waals surface area contributed by atoms with Gasteiger partial charge in [-0.05, 0) is 48.9 Å². The Kier molecular flexibility index (Phi) is 6.58. The fourth-order valence-electron chi connectivity index (χ4n) is 2.90. The Morgan fingerprint density at radius 2 is 1.50 bits per heavy atom. The van der Waals surface area contributed by atoms with Crippen molar-refractivity contribution in [2.45, 2.75) is 6.42 Å². The first-order valence-corrected chi connectivity index (χ1v) is 9.75. The predicted octanol–water partition coefficient (Wildman–Crippen LogP) is 4.90. The van der Waals surface area contributed by atoms with Crippen molar-refractivity contribution in [1.82, 2.24) is 5.32 Å². The molecule has 3 nitrogen and oxygen atoms in total. The zero-order chi connectivity index (χ0) is 16.8. The number of ether oxygens (including phenoxy) is 2. The number of rotatable bonds is 6. The summed E-state index contributed by atoms with van der Waals surface area (Å²) in [5.41, 5.74) is 0. The van der Waals surface area contributed by atoms with Gasteiger partial charge in [0.1, 0.15) is 11.5 Å². The van der Waals surface area contributed by atoms with Gasteiger partial charge >= 0.3 is 0 Å². The van der Waals surface area contributed by atoms with Gasteiger partial charge in [0, 0.05) is 33.9 Å². The molecule has 2 aromatic carbocycles. The van der Waals surface area contributed by atoms with Crippen LogP contribution in [0.1, 0.15) is 6.42 Å². The number of nitrogens with one attached hydrogen (secondary N) is 1. The van der Waals surface area contributed by atoms with Crippen LogP contribution in [0, 0.1) is 11.8 Å². The molecule has 0 spiro atoms. The second kappa shape index (κ2) is 8.88. The number of benzene rings is 2. The van der Waals surface area contributed by atoms with E-state index in [2.05, 4.69) is 37.2 Å². The molecule has 1 heterocycles. The minimum absolute atomic E-state index is 0.510. The van der Waals surface area contributed by atoms with Crippen molar-refractivity contribution >= 4 is 31.9 Å². The molecule has 0 aromatic heterocycles. The minimum Gasteiger partial charge on any atom is -0.493 e. The Labute approximate surface area is 160 Å². The van der Waals surface area contributed by atoms with Gasteiger partial charge in [-0.1, -0.05) is 37.9 Å². The summed E-state index contributed by atoms with van der Waals surface area (Å²) in [4.78, 5) is 0. The van der Waals surface area contributed by atoms with Crippen molar-refractivity contribution in [3.05, 3.63) is 57.5 Å². The van der Waals surface area contributed by atoms with Crippen molar-refractivity contribution < 1.29 is 9.47 Å². The molecule has 0 aliphatic carbocycles. The third-order valence-electron chi connectivity index (χ3n) is 4.11. The summed E-state index contributed by atoms with van der Waals surface area (Å²) in [6.45, 7) is 3.48. The van der Waals surface area contributed by atoms with Gasteiger partial charge in [-0.25, -0.2) is 0 Å². The smallest absolute Gasteiger partial charge is 0.120 e. The fraction of sp³-hybridized carbons (Fsp3) is 0.368. The molecule has 2 atom stereocenters. The first-order valence-electron chi connectivity index (χ1n) is 8.16. The lowest BCUT2D eigenvalue weighted by Crippen LogP contribution is -2.40. The van der Waals surface area contributed by atoms with Crippen molar-refractivity contribution in [3.63, 3.8) is 0 Å². The largest absolute Gasteiger partial charge is 0.493 e. The zero-order valence-electron chi connectivity index (χ0n) is 13.4. The molecule has 1 N–H and O–H groups in total. The Morgan fingerprint density at radius 3 is 2.17 bits per heavy atom. The standard InChI is InChI=1S/C19H21Br2NO2/c20-16-4-6-18(7-5-16)23-12-14-8-15(11-22-10-14)13-24-19-3-1-2-17(21)9-19/h1-7,9,14-15,22H,8,10-13H2. The molecule has 5 heteroatoms. The molecule has 0 amide bonds. The summed E-state index contributed by atoms with van der Waals surface area (Å²) in [5, 5.41) is 3.50. The maximum absolute atomic E-state index is 5.93. The Morgan fingerprint density at radius 1 is 0.833 bits per heavy atom. The molecule has 128 valence electrons. The highest BCUT2D eigenvalue weighted by molar-refractivity contribution is 9.10. The van der Waals surface area contributed by atoms with E-state index in [-0.39, 0.29) is 0 Å². The van der Waals surface area contributed by atoms with E-state index in [4.69, 9.17) is 9.47 Å². The molecule has 0 radical (unpaired) electrons. The van der Waals surface area contributed by atoms with Crippen LogP contribution >= 0.6 is 31.9 Å². The average molecular weight is 455 g/mol. The molecule has 1 saturated heterocycles. The molecule has 1 fully saturated rings. The van der Waals surface area contributed by atoms with E-state index in [1.807, 2.05) is 48.5 Å². The third kappa shape index (κ3) is 5.50. The van der Waals surface area contributed by atoms with Gasteiger partial charge in [-0.15, -0.1) is 0 Å². The monoisotopic (exact) mass is 453 g/mol. The lowest BCUT2D eigenvalue weighted by Gasteiger charge is -2.30. The first kappa shape index (κ1) is 17.8. The first-order chi connectivity index (χ1) is 11.7. The van der Waals surface area contributed by atoms with Crippen LogP contribution < -0.4 is 14.8 Å². The van der Waals surface area contributed by atoms with Crippen molar-refractivity contribution in [2.75, 3.05) is 26.3 Å². The summed E-state index contributed by atoms with van der Waals surface area (Å²) in [6, 6.07) is 16.0. The minimum atomic E-state index is 0.510. The highest BCUT2D eigenvalue weighted by Crippen LogP contribution is 2.23. The molecule has 2 aromatic rings. The number of halogens is 2. The van der Waals surface area contributed by atoms with Gasteiger partial charge in [-0.3, -0.25) is 0 Å². The van der Waals surface area contributed by atoms with Crippen LogP contribution in [0.3, 0.4) is 0 Å². The highest BCUT2D eigenvalue weighted by atomic mass is 79.9. The molecular weight excluding hydrogens is 434 g/mol. The number of hydrogen-bond donors (Lipinski definition) is 1. The Balaban J connectivity index is 1.44. The zero-order valence-corrected chi connectivity index (χ0v) is 16.6. The maximum Gasteiger partial charge on any atom is 0.120 e. The summed E-state index contributed by atoms with van der Waals surface area (Å²) >= 11 is 6.91. The van der Waals surface area contributed by atoms with Crippen molar-refractivity contribution in [2.24, 2.45) is 11.8 Å². The predicted molar refractivity (Wildman–Crippen MR) is 104 cm³/mol. The van der Waals surface area contributed by atoms with E-state index in [1.165, 1.54) is 0 Å². The molecule has 1 aliphatic heterocycles. The topological polar surface area (TPSA) is 30.5 Å². The Hall–Kier alpha value is -1.04. The van der Waals surface area contributed by atoms with Gasteiger partial charge in [0.15, 0.2) is 0 Å². The van der Waals surface area contributed by atoms with Gasteiger partial charge in [0.25, 0.3) is 0 Å². The molecule has 0 saturated carbocycles. The van der Waals surface area contributed by atoms with Gasteiger partial charge in [0.05, 0.1) is 13.2 Å². The summed E-state index contributed by atoms with van der Waals surface area (Å²) < 4.78 is 14.0. The maximum atomic E-state index is 5.93. The van der Waals surface area contributed by atoms with E-state index >= 15 is 0 Å². The molecule has 0 bridgehead atoms. The van der Waals surface area contributed by atoms with Gasteiger partial charge < -0.3 is 14.8 Å². The van der Waals surface area contributed by atoms with Crippen molar-refractivity contribution in [3.8, 4) is 11.5 Å². The molecule has 1 aliphatic rings. The fourth-order valence-corrected chi connectivity index (χ4v) is 3.54. The van der Waals surface area contributed by atoms with Crippen LogP contribution in [0.15, 0.2) is 57.5 Å². The normalized spacial score (nSPS) is 20.6. The summed E-state index contributed by atoms with van der Waals surface area (Å²) in [5.74, 6) is 2.86. The lowest BCUT2D eigenvalue weighted by molar-refractivity contribution is 0.150. The van der Waals surface area contributed by atoms with E-state index in [1.54, 1.807) is 0 Å². The van der Waals surface area contributed by atoms with E-state index in [0.717, 1.165) is 53.2 Å². The number of hydrogen-bond acceptors (Lipinski definition) is 3. The van der Waals surface area contributed by atoms with Gasteiger partial charge in [0.2, 0.25) is 0 Å². The van der Waals surface area contributed by atoms with Crippen LogP contribution in [0.25, 0.3) is 0 Å². The molecular formula is C19H21Br2NO2. The number of piperidine rings is 1. The summed E-state index contributed by atoms with van der Waals surface area (Å²) in [7, 11) is 0. The Bertz CT molecular complexity index is 648. The van der Waals surface area contributed by atoms with Crippen LogP contribution in [0.4, 0.5) is 0 Å². The summed E-state index contributed by atoms with van der Waals surface area (Å²) in [6.07, 6.45) is 1.12.